The van der Waals surface area contributed by atoms with Gasteiger partial charge in [0.2, 0.25) is 0 Å². The SMILES string of the molecule is CC(C)(C)N1CN(c2cccc(C3(c4ccc5c6ccccc6n(-c6cc(-c7c(-c8ccccc8)cccc7-c7ccccc7)ccn6)c5c4)c4ccccc4-c4ccccc43)c2)c2ccccc21. The molecule has 69 heavy (non-hydrogen) atoms. The second-order valence-electron chi connectivity index (χ2n) is 19.5. The lowest BCUT2D eigenvalue weighted by Crippen LogP contribution is -2.42. The third-order valence-electron chi connectivity index (χ3n) is 14.7. The monoisotopic (exact) mass is 886 g/mol. The van der Waals surface area contributed by atoms with Crippen LogP contribution in [0.25, 0.3) is 72.1 Å². The molecule has 9 aromatic carbocycles. The van der Waals surface area contributed by atoms with Crippen molar-refractivity contribution in [1.82, 2.24) is 9.55 Å². The molecule has 330 valence electrons. The van der Waals surface area contributed by atoms with Gasteiger partial charge in [-0.15, -0.1) is 0 Å². The highest BCUT2D eigenvalue weighted by atomic mass is 15.4. The van der Waals surface area contributed by atoms with Gasteiger partial charge in [-0.3, -0.25) is 4.57 Å². The van der Waals surface area contributed by atoms with E-state index in [1.165, 1.54) is 89.0 Å². The van der Waals surface area contributed by atoms with Crippen LogP contribution in [0.5, 0.6) is 0 Å². The van der Waals surface area contributed by atoms with Gasteiger partial charge in [-0.05, 0) is 136 Å². The number of nitrogens with zero attached hydrogens (tertiary/aromatic N) is 4. The fourth-order valence-corrected chi connectivity index (χ4v) is 11.7. The lowest BCUT2D eigenvalue weighted by molar-refractivity contribution is 0.518. The molecule has 0 amide bonds. The summed E-state index contributed by atoms with van der Waals surface area (Å²) in [4.78, 5) is 10.2. The smallest absolute Gasteiger partial charge is 0.138 e. The average molecular weight is 887 g/mol. The van der Waals surface area contributed by atoms with Crippen LogP contribution in [0.1, 0.15) is 43.0 Å². The Morgan fingerprint density at radius 2 is 1.00 bits per heavy atom. The Kier molecular flexibility index (Phi) is 9.35. The summed E-state index contributed by atoms with van der Waals surface area (Å²) in [7, 11) is 0. The minimum Gasteiger partial charge on any atom is -0.347 e. The van der Waals surface area contributed by atoms with E-state index in [0.29, 0.717) is 0 Å². The predicted octanol–water partition coefficient (Wildman–Crippen LogP) is 16.3. The Bertz CT molecular complexity index is 3660. The molecule has 13 rings (SSSR count). The maximum absolute atomic E-state index is 5.24. The molecule has 3 heterocycles. The van der Waals surface area contributed by atoms with E-state index in [4.69, 9.17) is 4.98 Å². The van der Waals surface area contributed by atoms with Crippen LogP contribution in [0.2, 0.25) is 0 Å². The minimum atomic E-state index is -0.629. The maximum atomic E-state index is 5.24. The lowest BCUT2D eigenvalue weighted by Gasteiger charge is -2.36. The number of rotatable bonds is 7. The van der Waals surface area contributed by atoms with Gasteiger partial charge in [0.15, 0.2) is 0 Å². The Morgan fingerprint density at radius 3 is 1.70 bits per heavy atom. The molecule has 0 spiro atoms. The van der Waals surface area contributed by atoms with E-state index in [-0.39, 0.29) is 5.54 Å². The molecule has 0 saturated heterocycles. The van der Waals surface area contributed by atoms with Crippen molar-refractivity contribution >= 4 is 38.9 Å². The number of para-hydroxylation sites is 3. The van der Waals surface area contributed by atoms with Crippen molar-refractivity contribution in [3.63, 3.8) is 0 Å². The van der Waals surface area contributed by atoms with Gasteiger partial charge < -0.3 is 9.80 Å². The molecule has 4 heteroatoms. The van der Waals surface area contributed by atoms with Crippen LogP contribution >= 0.6 is 0 Å². The molecule has 1 aliphatic carbocycles. The van der Waals surface area contributed by atoms with E-state index in [1.807, 2.05) is 6.20 Å². The zero-order valence-corrected chi connectivity index (χ0v) is 39.0. The number of anilines is 3. The van der Waals surface area contributed by atoms with Crippen molar-refractivity contribution in [2.24, 2.45) is 0 Å². The molecule has 2 aromatic heterocycles. The van der Waals surface area contributed by atoms with E-state index >= 15 is 0 Å². The highest BCUT2D eigenvalue weighted by Crippen LogP contribution is 2.57. The van der Waals surface area contributed by atoms with Crippen LogP contribution in [0.4, 0.5) is 17.1 Å². The second kappa shape index (κ2) is 15.8. The molecular weight excluding hydrogens is 837 g/mol. The van der Waals surface area contributed by atoms with Crippen LogP contribution in [-0.2, 0) is 5.41 Å². The van der Waals surface area contributed by atoms with Gasteiger partial charge >= 0.3 is 0 Å². The van der Waals surface area contributed by atoms with Crippen molar-refractivity contribution in [3.8, 4) is 50.3 Å². The highest BCUT2D eigenvalue weighted by molar-refractivity contribution is 6.10. The largest absolute Gasteiger partial charge is 0.347 e. The maximum Gasteiger partial charge on any atom is 0.138 e. The molecule has 0 atom stereocenters. The first-order valence-corrected chi connectivity index (χ1v) is 24.1. The van der Waals surface area contributed by atoms with E-state index in [9.17, 15) is 0 Å². The van der Waals surface area contributed by atoms with E-state index in [1.54, 1.807) is 0 Å². The number of hydrogen-bond donors (Lipinski definition) is 0. The van der Waals surface area contributed by atoms with Gasteiger partial charge in [-0.25, -0.2) is 4.98 Å². The Labute approximate surface area is 404 Å². The summed E-state index contributed by atoms with van der Waals surface area (Å²) in [6.07, 6.45) is 1.99. The molecule has 0 N–H and O–H groups in total. The van der Waals surface area contributed by atoms with Gasteiger partial charge in [-0.1, -0.05) is 182 Å². The van der Waals surface area contributed by atoms with Gasteiger partial charge in [0.25, 0.3) is 0 Å². The van der Waals surface area contributed by atoms with Crippen LogP contribution in [-0.4, -0.2) is 21.8 Å². The van der Waals surface area contributed by atoms with E-state index < -0.39 is 5.41 Å². The molecule has 0 radical (unpaired) electrons. The molecule has 2 aliphatic rings. The molecule has 0 bridgehead atoms. The second-order valence-corrected chi connectivity index (χ2v) is 19.5. The average Bonchev–Trinajstić information content (AvgIpc) is 4.06. The first kappa shape index (κ1) is 40.8. The first-order valence-electron chi connectivity index (χ1n) is 24.1. The third kappa shape index (κ3) is 6.32. The Balaban J connectivity index is 1.05. The van der Waals surface area contributed by atoms with Crippen molar-refractivity contribution in [2.45, 2.75) is 31.7 Å². The highest BCUT2D eigenvalue weighted by Gasteiger charge is 2.47. The molecule has 4 nitrogen and oxygen atoms in total. The van der Waals surface area contributed by atoms with Crippen molar-refractivity contribution in [3.05, 3.63) is 259 Å². The molecule has 11 aromatic rings. The van der Waals surface area contributed by atoms with Crippen molar-refractivity contribution in [2.75, 3.05) is 16.5 Å². The van der Waals surface area contributed by atoms with Gasteiger partial charge in [-0.2, -0.15) is 0 Å². The van der Waals surface area contributed by atoms with Crippen LogP contribution in [0.15, 0.2) is 237 Å². The fourth-order valence-electron chi connectivity index (χ4n) is 11.7. The summed E-state index contributed by atoms with van der Waals surface area (Å²) in [5, 5.41) is 2.39. The first-order chi connectivity index (χ1) is 33.9. The molecular formula is C65H50N4. The Morgan fingerprint density at radius 1 is 0.435 bits per heavy atom. The molecule has 0 unspecified atom stereocenters. The summed E-state index contributed by atoms with van der Waals surface area (Å²) >= 11 is 0. The summed E-state index contributed by atoms with van der Waals surface area (Å²) < 4.78 is 2.39. The van der Waals surface area contributed by atoms with E-state index in [2.05, 4.69) is 266 Å². The lowest BCUT2D eigenvalue weighted by atomic mass is 9.67. The van der Waals surface area contributed by atoms with Gasteiger partial charge in [0, 0.05) is 28.2 Å². The quantitative estimate of drug-likeness (QED) is 0.159. The fraction of sp³-hybridized carbons (Fsp3) is 0.0923. The zero-order valence-electron chi connectivity index (χ0n) is 39.0. The van der Waals surface area contributed by atoms with Crippen LogP contribution in [0.3, 0.4) is 0 Å². The zero-order chi connectivity index (χ0) is 46.3. The Hall–Kier alpha value is -8.47. The van der Waals surface area contributed by atoms with Crippen LogP contribution < -0.4 is 9.80 Å². The topological polar surface area (TPSA) is 24.3 Å². The number of fused-ring (bicyclic) bond motifs is 7. The summed E-state index contributed by atoms with van der Waals surface area (Å²) in [6, 6.07) is 85.0. The van der Waals surface area contributed by atoms with Crippen molar-refractivity contribution in [1.29, 1.82) is 0 Å². The molecule has 0 fully saturated rings. The molecule has 1 aliphatic heterocycles. The summed E-state index contributed by atoms with van der Waals surface area (Å²) in [5.74, 6) is 0.872. The standard InChI is InChI=1S/C65H50N4/c1-64(2,3)68-43-67(59-34-16-17-35-60(59)68)49-25-18-24-47(41-49)65(56-31-13-10-26-52(56)53-27-11-14-32-57(53)65)48-36-37-55-54-28-12-15-33-58(54)69(61(55)42-48)62-40-46(38-39-66-62)63-50(44-20-6-4-7-21-44)29-19-30-51(63)45-22-8-5-9-23-45/h4-42H,43H2,1-3H3. The van der Waals surface area contributed by atoms with Crippen molar-refractivity contribution < 1.29 is 0 Å². The number of aromatic nitrogens is 2. The normalized spacial score (nSPS) is 13.7. The van der Waals surface area contributed by atoms with Gasteiger partial charge in [0.1, 0.15) is 5.82 Å². The number of hydrogen-bond acceptors (Lipinski definition) is 3. The minimum absolute atomic E-state index is 0.0509. The summed E-state index contributed by atoms with van der Waals surface area (Å²) in [6.45, 7) is 7.68. The molecule has 0 saturated carbocycles. The van der Waals surface area contributed by atoms with Gasteiger partial charge in [0.05, 0.1) is 34.5 Å². The van der Waals surface area contributed by atoms with Crippen LogP contribution in [0, 0.1) is 0 Å². The summed E-state index contributed by atoms with van der Waals surface area (Å²) in [5.41, 5.74) is 19.8. The number of benzene rings is 9. The third-order valence-corrected chi connectivity index (χ3v) is 14.7. The predicted molar refractivity (Wildman–Crippen MR) is 288 cm³/mol. The number of pyridine rings is 1. The van der Waals surface area contributed by atoms with E-state index in [0.717, 1.165) is 29.1 Å².